The van der Waals surface area contributed by atoms with E-state index in [0.29, 0.717) is 31.2 Å². The number of amides is 1. The fourth-order valence-electron chi connectivity index (χ4n) is 2.68. The fraction of sp³-hybridized carbons (Fsp3) is 0.588. The predicted octanol–water partition coefficient (Wildman–Crippen LogP) is 1.08. The number of benzene rings is 1. The summed E-state index contributed by atoms with van der Waals surface area (Å²) in [5, 5.41) is 2.97. The maximum Gasteiger partial charge on any atom is 0.234 e. The Labute approximate surface area is 137 Å². The van der Waals surface area contributed by atoms with Crippen molar-refractivity contribution in [1.29, 1.82) is 0 Å². The van der Waals surface area contributed by atoms with E-state index in [4.69, 9.17) is 14.2 Å². The Morgan fingerprint density at radius 3 is 2.83 bits per heavy atom. The van der Waals surface area contributed by atoms with Gasteiger partial charge in [-0.3, -0.25) is 9.69 Å². The second-order valence-electron chi connectivity index (χ2n) is 5.71. The Balaban J connectivity index is 1.75. The standard InChI is InChI=1S/C17H26N2O4/c1-13-11-19(8-9-23-13)12-17(20)18-7-6-14-4-5-15(21-2)16(10-14)22-3/h4-5,10,13H,6-9,11-12H2,1-3H3,(H,18,20). The lowest BCUT2D eigenvalue weighted by atomic mass is 10.1. The number of ether oxygens (including phenoxy) is 3. The third-order valence-electron chi connectivity index (χ3n) is 3.88. The van der Waals surface area contributed by atoms with Crippen molar-refractivity contribution in [2.45, 2.75) is 19.4 Å². The van der Waals surface area contributed by atoms with Crippen LogP contribution < -0.4 is 14.8 Å². The van der Waals surface area contributed by atoms with Crippen LogP contribution >= 0.6 is 0 Å². The molecule has 6 heteroatoms. The molecular formula is C17H26N2O4. The summed E-state index contributed by atoms with van der Waals surface area (Å²) >= 11 is 0. The van der Waals surface area contributed by atoms with Crippen molar-refractivity contribution in [3.05, 3.63) is 23.8 Å². The van der Waals surface area contributed by atoms with Crippen LogP contribution in [0.5, 0.6) is 11.5 Å². The molecule has 0 saturated carbocycles. The minimum absolute atomic E-state index is 0.0552. The van der Waals surface area contributed by atoms with Crippen molar-refractivity contribution in [2.24, 2.45) is 0 Å². The molecule has 1 N–H and O–H groups in total. The maximum absolute atomic E-state index is 12.0. The summed E-state index contributed by atoms with van der Waals surface area (Å²) < 4.78 is 16.0. The summed E-state index contributed by atoms with van der Waals surface area (Å²) in [6.07, 6.45) is 0.953. The number of hydrogen-bond donors (Lipinski definition) is 1. The van der Waals surface area contributed by atoms with Gasteiger partial charge in [0.1, 0.15) is 0 Å². The van der Waals surface area contributed by atoms with E-state index < -0.39 is 0 Å². The molecule has 0 spiro atoms. The number of rotatable bonds is 7. The van der Waals surface area contributed by atoms with Crippen molar-refractivity contribution >= 4 is 5.91 Å². The first-order valence-corrected chi connectivity index (χ1v) is 7.94. The highest BCUT2D eigenvalue weighted by Gasteiger charge is 2.18. The van der Waals surface area contributed by atoms with Crippen molar-refractivity contribution < 1.29 is 19.0 Å². The van der Waals surface area contributed by atoms with Crippen molar-refractivity contribution in [2.75, 3.05) is 47.0 Å². The number of nitrogens with zero attached hydrogens (tertiary/aromatic N) is 1. The quantitative estimate of drug-likeness (QED) is 0.814. The van der Waals surface area contributed by atoms with Gasteiger partial charge in [-0.15, -0.1) is 0 Å². The first-order valence-electron chi connectivity index (χ1n) is 7.94. The molecule has 1 aromatic carbocycles. The zero-order chi connectivity index (χ0) is 16.7. The molecule has 0 bridgehead atoms. The molecule has 1 fully saturated rings. The van der Waals surface area contributed by atoms with Gasteiger partial charge in [-0.2, -0.15) is 0 Å². The highest BCUT2D eigenvalue weighted by molar-refractivity contribution is 5.78. The van der Waals surface area contributed by atoms with Crippen LogP contribution in [0.25, 0.3) is 0 Å². The molecule has 1 aliphatic rings. The lowest BCUT2D eigenvalue weighted by Gasteiger charge is -2.30. The molecule has 23 heavy (non-hydrogen) atoms. The fourth-order valence-corrected chi connectivity index (χ4v) is 2.68. The molecular weight excluding hydrogens is 296 g/mol. The van der Waals surface area contributed by atoms with Gasteiger partial charge in [0, 0.05) is 19.6 Å². The molecule has 6 nitrogen and oxygen atoms in total. The molecule has 2 rings (SSSR count). The van der Waals surface area contributed by atoms with E-state index in [-0.39, 0.29) is 12.0 Å². The smallest absolute Gasteiger partial charge is 0.234 e. The van der Waals surface area contributed by atoms with Crippen LogP contribution in [0.2, 0.25) is 0 Å². The third-order valence-corrected chi connectivity index (χ3v) is 3.88. The molecule has 1 saturated heterocycles. The minimum Gasteiger partial charge on any atom is -0.493 e. The van der Waals surface area contributed by atoms with Gasteiger partial charge in [-0.25, -0.2) is 0 Å². The lowest BCUT2D eigenvalue weighted by molar-refractivity contribution is -0.124. The second kappa shape index (κ2) is 8.74. The monoisotopic (exact) mass is 322 g/mol. The number of carbonyl (C=O) groups is 1. The van der Waals surface area contributed by atoms with E-state index in [1.807, 2.05) is 25.1 Å². The molecule has 1 aromatic rings. The molecule has 1 aliphatic heterocycles. The summed E-state index contributed by atoms with van der Waals surface area (Å²) in [4.78, 5) is 14.1. The third kappa shape index (κ3) is 5.41. The van der Waals surface area contributed by atoms with E-state index >= 15 is 0 Å². The van der Waals surface area contributed by atoms with E-state index in [1.54, 1.807) is 14.2 Å². The van der Waals surface area contributed by atoms with Gasteiger partial charge < -0.3 is 19.5 Å². The van der Waals surface area contributed by atoms with Crippen molar-refractivity contribution in [3.8, 4) is 11.5 Å². The number of hydrogen-bond acceptors (Lipinski definition) is 5. The Hall–Kier alpha value is -1.79. The summed E-state index contributed by atoms with van der Waals surface area (Å²) in [7, 11) is 3.23. The summed E-state index contributed by atoms with van der Waals surface area (Å²) in [6.45, 7) is 5.38. The van der Waals surface area contributed by atoms with E-state index in [1.165, 1.54) is 0 Å². The average molecular weight is 322 g/mol. The molecule has 1 unspecified atom stereocenters. The van der Waals surface area contributed by atoms with E-state index in [9.17, 15) is 4.79 Å². The first kappa shape index (κ1) is 17.6. The van der Waals surface area contributed by atoms with Gasteiger partial charge in [0.25, 0.3) is 0 Å². The van der Waals surface area contributed by atoms with Crippen LogP contribution in [-0.4, -0.2) is 63.9 Å². The van der Waals surface area contributed by atoms with Crippen LogP contribution in [0, 0.1) is 0 Å². The molecule has 0 radical (unpaired) electrons. The highest BCUT2D eigenvalue weighted by atomic mass is 16.5. The zero-order valence-corrected chi connectivity index (χ0v) is 14.1. The molecule has 0 aromatic heterocycles. The molecule has 0 aliphatic carbocycles. The SMILES string of the molecule is COc1ccc(CCNC(=O)CN2CCOC(C)C2)cc1OC. The normalized spacial score (nSPS) is 18.5. The Bertz CT molecular complexity index is 521. The molecule has 128 valence electrons. The Morgan fingerprint density at radius 1 is 1.35 bits per heavy atom. The summed E-state index contributed by atoms with van der Waals surface area (Å²) in [5.41, 5.74) is 1.10. The number of nitrogens with one attached hydrogen (secondary N) is 1. The number of morpholine rings is 1. The summed E-state index contributed by atoms with van der Waals surface area (Å²) in [5.74, 6) is 1.47. The van der Waals surface area contributed by atoms with Crippen LogP contribution in [0.15, 0.2) is 18.2 Å². The van der Waals surface area contributed by atoms with Gasteiger partial charge in [0.2, 0.25) is 5.91 Å². The molecule has 1 atom stereocenters. The van der Waals surface area contributed by atoms with E-state index in [2.05, 4.69) is 10.2 Å². The van der Waals surface area contributed by atoms with Crippen molar-refractivity contribution in [3.63, 3.8) is 0 Å². The van der Waals surface area contributed by atoms with Gasteiger partial charge in [0.15, 0.2) is 11.5 Å². The van der Waals surface area contributed by atoms with Crippen molar-refractivity contribution in [1.82, 2.24) is 10.2 Å². The topological polar surface area (TPSA) is 60.0 Å². The number of carbonyl (C=O) groups excluding carboxylic acids is 1. The van der Waals surface area contributed by atoms with Crippen LogP contribution in [0.3, 0.4) is 0 Å². The minimum atomic E-state index is 0.0552. The average Bonchev–Trinajstić information content (AvgIpc) is 2.54. The van der Waals surface area contributed by atoms with Gasteiger partial charge in [-0.1, -0.05) is 6.07 Å². The Morgan fingerprint density at radius 2 is 2.13 bits per heavy atom. The maximum atomic E-state index is 12.0. The molecule has 1 amide bonds. The first-order chi connectivity index (χ1) is 11.1. The highest BCUT2D eigenvalue weighted by Crippen LogP contribution is 2.27. The van der Waals surface area contributed by atoms with Crippen LogP contribution in [0.1, 0.15) is 12.5 Å². The largest absolute Gasteiger partial charge is 0.493 e. The van der Waals surface area contributed by atoms with Gasteiger partial charge in [-0.05, 0) is 31.0 Å². The van der Waals surface area contributed by atoms with E-state index in [0.717, 1.165) is 25.1 Å². The van der Waals surface area contributed by atoms with Gasteiger partial charge >= 0.3 is 0 Å². The van der Waals surface area contributed by atoms with Crippen LogP contribution in [-0.2, 0) is 16.0 Å². The molecule has 1 heterocycles. The second-order valence-corrected chi connectivity index (χ2v) is 5.71. The lowest BCUT2D eigenvalue weighted by Crippen LogP contribution is -2.46. The Kier molecular flexibility index (Phi) is 6.67. The van der Waals surface area contributed by atoms with Gasteiger partial charge in [0.05, 0.1) is 33.5 Å². The van der Waals surface area contributed by atoms with Crippen LogP contribution in [0.4, 0.5) is 0 Å². The summed E-state index contributed by atoms with van der Waals surface area (Å²) in [6, 6.07) is 5.80. The zero-order valence-electron chi connectivity index (χ0n) is 14.1. The number of methoxy groups -OCH3 is 2. The predicted molar refractivity (Wildman–Crippen MR) is 88.1 cm³/mol.